The summed E-state index contributed by atoms with van der Waals surface area (Å²) in [6, 6.07) is 12.7. The maximum atomic E-state index is 13.1. The molecule has 0 radical (unpaired) electrons. The number of amides is 2. The van der Waals surface area contributed by atoms with Gasteiger partial charge in [-0.05, 0) is 63.4 Å². The molecule has 2 amide bonds. The summed E-state index contributed by atoms with van der Waals surface area (Å²) in [5.41, 5.74) is 2.98. The van der Waals surface area contributed by atoms with Crippen molar-refractivity contribution in [1.29, 1.82) is 0 Å². The first-order chi connectivity index (χ1) is 14.7. The standard InChI is InChI=1S/C25H34N2O4/c1-7-19(4)26-25(29)20(5)27(15-21-9-8-10-22(14-21)30-6)24(28)16-31-23-12-11-17(2)13-18(23)3/h8-14,19-20H,7,15-16H2,1-6H3,(H,26,29). The summed E-state index contributed by atoms with van der Waals surface area (Å²) in [5, 5.41) is 2.96. The number of hydrogen-bond acceptors (Lipinski definition) is 4. The molecule has 2 aromatic carbocycles. The molecule has 0 fully saturated rings. The predicted molar refractivity (Wildman–Crippen MR) is 122 cm³/mol. The highest BCUT2D eigenvalue weighted by Crippen LogP contribution is 2.20. The monoisotopic (exact) mass is 426 g/mol. The second-order valence-corrected chi connectivity index (χ2v) is 7.92. The molecule has 168 valence electrons. The minimum absolute atomic E-state index is 0.0372. The van der Waals surface area contributed by atoms with E-state index in [1.54, 1.807) is 18.9 Å². The largest absolute Gasteiger partial charge is 0.497 e. The maximum Gasteiger partial charge on any atom is 0.261 e. The molecule has 0 aliphatic carbocycles. The lowest BCUT2D eigenvalue weighted by Crippen LogP contribution is -2.50. The Balaban J connectivity index is 2.20. The molecule has 0 aromatic heterocycles. The van der Waals surface area contributed by atoms with Crippen LogP contribution in [0.25, 0.3) is 0 Å². The third-order valence-electron chi connectivity index (χ3n) is 5.34. The minimum Gasteiger partial charge on any atom is -0.497 e. The number of carbonyl (C=O) groups excluding carboxylic acids is 2. The van der Waals surface area contributed by atoms with Crippen molar-refractivity contribution >= 4 is 11.8 Å². The van der Waals surface area contributed by atoms with Gasteiger partial charge < -0.3 is 19.7 Å². The van der Waals surface area contributed by atoms with E-state index >= 15 is 0 Å². The van der Waals surface area contributed by atoms with Crippen molar-refractivity contribution < 1.29 is 19.1 Å². The normalized spacial score (nSPS) is 12.6. The summed E-state index contributed by atoms with van der Waals surface area (Å²) in [6.07, 6.45) is 0.818. The zero-order chi connectivity index (χ0) is 23.0. The number of ether oxygens (including phenoxy) is 2. The van der Waals surface area contributed by atoms with Crippen molar-refractivity contribution in [3.05, 3.63) is 59.2 Å². The Hall–Kier alpha value is -3.02. The van der Waals surface area contributed by atoms with Crippen LogP contribution in [0.1, 0.15) is 43.9 Å². The average molecular weight is 427 g/mol. The fraction of sp³-hybridized carbons (Fsp3) is 0.440. The van der Waals surface area contributed by atoms with Crippen LogP contribution in [0.5, 0.6) is 11.5 Å². The van der Waals surface area contributed by atoms with E-state index < -0.39 is 6.04 Å². The Morgan fingerprint density at radius 2 is 1.84 bits per heavy atom. The number of nitrogens with zero attached hydrogens (tertiary/aromatic N) is 1. The highest BCUT2D eigenvalue weighted by Gasteiger charge is 2.27. The lowest BCUT2D eigenvalue weighted by Gasteiger charge is -2.29. The summed E-state index contributed by atoms with van der Waals surface area (Å²) < 4.78 is 11.1. The molecule has 0 bridgehead atoms. The molecule has 1 N–H and O–H groups in total. The molecule has 0 aliphatic rings. The molecule has 2 atom stereocenters. The summed E-state index contributed by atoms with van der Waals surface area (Å²) >= 11 is 0. The Morgan fingerprint density at radius 1 is 1.10 bits per heavy atom. The third kappa shape index (κ3) is 7.02. The smallest absolute Gasteiger partial charge is 0.261 e. The molecule has 2 aromatic rings. The van der Waals surface area contributed by atoms with Gasteiger partial charge in [0.1, 0.15) is 17.5 Å². The molecule has 0 saturated carbocycles. The van der Waals surface area contributed by atoms with Crippen LogP contribution in [0.4, 0.5) is 0 Å². The molecule has 6 nitrogen and oxygen atoms in total. The van der Waals surface area contributed by atoms with Crippen LogP contribution in [0.3, 0.4) is 0 Å². The van der Waals surface area contributed by atoms with Crippen LogP contribution in [-0.4, -0.2) is 42.5 Å². The first kappa shape index (κ1) is 24.3. The van der Waals surface area contributed by atoms with E-state index in [4.69, 9.17) is 9.47 Å². The molecule has 0 aliphatic heterocycles. The van der Waals surface area contributed by atoms with Gasteiger partial charge in [-0.2, -0.15) is 0 Å². The molecule has 31 heavy (non-hydrogen) atoms. The van der Waals surface area contributed by atoms with Gasteiger partial charge in [0.25, 0.3) is 5.91 Å². The Bertz CT molecular complexity index is 897. The summed E-state index contributed by atoms with van der Waals surface area (Å²) in [7, 11) is 1.60. The van der Waals surface area contributed by atoms with Crippen LogP contribution in [0.2, 0.25) is 0 Å². The minimum atomic E-state index is -0.643. The van der Waals surface area contributed by atoms with Gasteiger partial charge in [0, 0.05) is 12.6 Å². The van der Waals surface area contributed by atoms with Gasteiger partial charge in [0.05, 0.1) is 7.11 Å². The van der Waals surface area contributed by atoms with Crippen molar-refractivity contribution in [2.45, 2.75) is 59.7 Å². The van der Waals surface area contributed by atoms with Gasteiger partial charge >= 0.3 is 0 Å². The number of hydrogen-bond donors (Lipinski definition) is 1. The van der Waals surface area contributed by atoms with Crippen molar-refractivity contribution in [3.8, 4) is 11.5 Å². The Morgan fingerprint density at radius 3 is 2.48 bits per heavy atom. The predicted octanol–water partition coefficient (Wildman–Crippen LogP) is 4.02. The van der Waals surface area contributed by atoms with E-state index in [2.05, 4.69) is 5.32 Å². The molecular weight excluding hydrogens is 392 g/mol. The van der Waals surface area contributed by atoms with Gasteiger partial charge in [-0.1, -0.05) is 36.8 Å². The molecule has 2 rings (SSSR count). The fourth-order valence-corrected chi connectivity index (χ4v) is 3.20. The van der Waals surface area contributed by atoms with Gasteiger partial charge in [-0.25, -0.2) is 0 Å². The second kappa shape index (κ2) is 11.4. The Kier molecular flexibility index (Phi) is 8.91. The van der Waals surface area contributed by atoms with Gasteiger partial charge in [-0.3, -0.25) is 9.59 Å². The highest BCUT2D eigenvalue weighted by atomic mass is 16.5. The lowest BCUT2D eigenvalue weighted by molar-refractivity contribution is -0.142. The lowest BCUT2D eigenvalue weighted by atomic mass is 10.1. The van der Waals surface area contributed by atoms with E-state index in [9.17, 15) is 9.59 Å². The van der Waals surface area contributed by atoms with Crippen LogP contribution in [0.15, 0.2) is 42.5 Å². The van der Waals surface area contributed by atoms with Crippen LogP contribution in [0, 0.1) is 13.8 Å². The zero-order valence-corrected chi connectivity index (χ0v) is 19.4. The SMILES string of the molecule is CCC(C)NC(=O)C(C)N(Cc1cccc(OC)c1)C(=O)COc1ccc(C)cc1C. The first-order valence-corrected chi connectivity index (χ1v) is 10.7. The van der Waals surface area contributed by atoms with E-state index in [0.29, 0.717) is 11.5 Å². The molecule has 0 saturated heterocycles. The fourth-order valence-electron chi connectivity index (χ4n) is 3.20. The van der Waals surface area contributed by atoms with Crippen molar-refractivity contribution in [2.75, 3.05) is 13.7 Å². The van der Waals surface area contributed by atoms with Gasteiger partial charge in [0.15, 0.2) is 6.61 Å². The third-order valence-corrected chi connectivity index (χ3v) is 5.34. The van der Waals surface area contributed by atoms with Crippen LogP contribution >= 0.6 is 0 Å². The van der Waals surface area contributed by atoms with E-state index in [1.165, 1.54) is 0 Å². The quantitative estimate of drug-likeness (QED) is 0.623. The maximum absolute atomic E-state index is 13.1. The topological polar surface area (TPSA) is 67.9 Å². The number of rotatable bonds is 10. The molecule has 0 spiro atoms. The first-order valence-electron chi connectivity index (χ1n) is 10.7. The highest BCUT2D eigenvalue weighted by molar-refractivity contribution is 5.88. The van der Waals surface area contributed by atoms with Crippen molar-refractivity contribution in [1.82, 2.24) is 10.2 Å². The molecular formula is C25H34N2O4. The number of aryl methyl sites for hydroxylation is 2. The van der Waals surface area contributed by atoms with E-state index in [1.807, 2.05) is 70.2 Å². The number of methoxy groups -OCH3 is 1. The average Bonchev–Trinajstić information content (AvgIpc) is 2.76. The summed E-state index contributed by atoms with van der Waals surface area (Å²) in [6.45, 7) is 9.79. The van der Waals surface area contributed by atoms with Crippen LogP contribution < -0.4 is 14.8 Å². The molecule has 2 unspecified atom stereocenters. The molecule has 0 heterocycles. The van der Waals surface area contributed by atoms with Crippen LogP contribution in [-0.2, 0) is 16.1 Å². The van der Waals surface area contributed by atoms with Crippen molar-refractivity contribution in [3.63, 3.8) is 0 Å². The number of carbonyl (C=O) groups is 2. The second-order valence-electron chi connectivity index (χ2n) is 7.92. The van der Waals surface area contributed by atoms with Gasteiger partial charge in [0.2, 0.25) is 5.91 Å². The van der Waals surface area contributed by atoms with Gasteiger partial charge in [-0.15, -0.1) is 0 Å². The van der Waals surface area contributed by atoms with E-state index in [-0.39, 0.29) is 31.0 Å². The summed E-state index contributed by atoms with van der Waals surface area (Å²) in [4.78, 5) is 27.5. The number of benzene rings is 2. The van der Waals surface area contributed by atoms with E-state index in [0.717, 1.165) is 23.1 Å². The summed E-state index contributed by atoms with van der Waals surface area (Å²) in [5.74, 6) is 0.928. The molecule has 6 heteroatoms. The Labute approximate surface area is 185 Å². The zero-order valence-electron chi connectivity index (χ0n) is 19.4. The number of nitrogens with one attached hydrogen (secondary N) is 1. The van der Waals surface area contributed by atoms with Crippen molar-refractivity contribution in [2.24, 2.45) is 0 Å².